The minimum Gasteiger partial charge on any atom is -0.371 e. The van der Waals surface area contributed by atoms with Crippen molar-refractivity contribution in [2.45, 2.75) is 32.6 Å². The van der Waals surface area contributed by atoms with E-state index in [-0.39, 0.29) is 0 Å². The molecule has 0 aromatic heterocycles. The zero-order valence-electron chi connectivity index (χ0n) is 10.9. The van der Waals surface area contributed by atoms with Gasteiger partial charge in [-0.2, -0.15) is 0 Å². The number of anilines is 1. The highest BCUT2D eigenvalue weighted by atomic mass is 35.5. The third-order valence-corrected chi connectivity index (χ3v) is 4.01. The number of carbonyl (C=O) groups excluding carboxylic acids is 1. The van der Waals surface area contributed by atoms with Crippen molar-refractivity contribution in [1.82, 2.24) is 0 Å². The van der Waals surface area contributed by atoms with Crippen LogP contribution in [0.3, 0.4) is 0 Å². The Hall–Kier alpha value is -1.02. The predicted molar refractivity (Wildman–Crippen MR) is 76.7 cm³/mol. The van der Waals surface area contributed by atoms with Crippen LogP contribution < -0.4 is 4.90 Å². The molecule has 2 rings (SSSR count). The molecule has 0 saturated carbocycles. The summed E-state index contributed by atoms with van der Waals surface area (Å²) >= 11 is 6.03. The van der Waals surface area contributed by atoms with Crippen molar-refractivity contribution in [3.8, 4) is 0 Å². The fraction of sp³-hybridized carbons (Fsp3) is 0.533. The second kappa shape index (κ2) is 6.24. The highest BCUT2D eigenvalue weighted by Crippen LogP contribution is 2.29. The van der Waals surface area contributed by atoms with E-state index >= 15 is 0 Å². The van der Waals surface area contributed by atoms with E-state index in [0.29, 0.717) is 5.02 Å². The maximum atomic E-state index is 11.1. The van der Waals surface area contributed by atoms with Crippen LogP contribution >= 0.6 is 11.6 Å². The summed E-state index contributed by atoms with van der Waals surface area (Å²) in [6, 6.07) is 5.49. The van der Waals surface area contributed by atoms with E-state index in [9.17, 15) is 4.79 Å². The van der Waals surface area contributed by atoms with Crippen molar-refractivity contribution in [2.75, 3.05) is 18.0 Å². The molecule has 0 N–H and O–H groups in total. The third kappa shape index (κ3) is 3.05. The van der Waals surface area contributed by atoms with Gasteiger partial charge in [0.15, 0.2) is 6.29 Å². The molecule has 2 nitrogen and oxygen atoms in total. The predicted octanol–water partition coefficient (Wildman–Crippen LogP) is 4.17. The molecule has 0 aliphatic carbocycles. The Morgan fingerprint density at radius 3 is 2.72 bits per heavy atom. The lowest BCUT2D eigenvalue weighted by Gasteiger charge is -2.34. The third-order valence-electron chi connectivity index (χ3n) is 3.77. The fourth-order valence-corrected chi connectivity index (χ4v) is 2.93. The summed E-state index contributed by atoms with van der Waals surface area (Å²) < 4.78 is 0. The molecular formula is C15H20ClNO. The lowest BCUT2D eigenvalue weighted by atomic mass is 9.92. The molecule has 1 fully saturated rings. The number of benzene rings is 1. The van der Waals surface area contributed by atoms with E-state index in [1.54, 1.807) is 6.07 Å². The number of halogens is 1. The summed E-state index contributed by atoms with van der Waals surface area (Å²) in [7, 11) is 0. The first kappa shape index (κ1) is 13.4. The largest absolute Gasteiger partial charge is 0.371 e. The molecular weight excluding hydrogens is 246 g/mol. The van der Waals surface area contributed by atoms with Gasteiger partial charge in [-0.3, -0.25) is 4.79 Å². The van der Waals surface area contributed by atoms with Crippen molar-refractivity contribution in [1.29, 1.82) is 0 Å². The molecule has 1 aromatic carbocycles. The smallest absolute Gasteiger partial charge is 0.152 e. The number of hydrogen-bond acceptors (Lipinski definition) is 2. The van der Waals surface area contributed by atoms with E-state index < -0.39 is 0 Å². The average Bonchev–Trinajstić information content (AvgIpc) is 2.40. The zero-order chi connectivity index (χ0) is 13.0. The topological polar surface area (TPSA) is 20.3 Å². The Bertz CT molecular complexity index is 411. The minimum atomic E-state index is 0.700. The standard InChI is InChI=1S/C15H20ClNO/c1-2-3-12-6-8-17(9-7-12)15-10-14(16)5-4-13(15)11-18/h4-5,10-12H,2-3,6-9H2,1H3. The number of hydrogen-bond donors (Lipinski definition) is 0. The van der Waals surface area contributed by atoms with Gasteiger partial charge in [0.25, 0.3) is 0 Å². The van der Waals surface area contributed by atoms with Gasteiger partial charge in [-0.05, 0) is 37.0 Å². The van der Waals surface area contributed by atoms with Gasteiger partial charge in [0.2, 0.25) is 0 Å². The molecule has 98 valence electrons. The highest BCUT2D eigenvalue weighted by molar-refractivity contribution is 6.31. The molecule has 0 unspecified atom stereocenters. The van der Waals surface area contributed by atoms with Gasteiger partial charge in [0.05, 0.1) is 0 Å². The molecule has 0 radical (unpaired) electrons. The zero-order valence-corrected chi connectivity index (χ0v) is 11.6. The van der Waals surface area contributed by atoms with E-state index in [4.69, 9.17) is 11.6 Å². The molecule has 3 heteroatoms. The Labute approximate surface area is 114 Å². The summed E-state index contributed by atoms with van der Waals surface area (Å²) in [4.78, 5) is 13.4. The maximum absolute atomic E-state index is 11.1. The summed E-state index contributed by atoms with van der Waals surface area (Å²) in [5.74, 6) is 0.852. The van der Waals surface area contributed by atoms with Crippen LogP contribution in [0.4, 0.5) is 5.69 Å². The molecule has 0 spiro atoms. The van der Waals surface area contributed by atoms with Crippen molar-refractivity contribution in [3.05, 3.63) is 28.8 Å². The van der Waals surface area contributed by atoms with Crippen LogP contribution in [0, 0.1) is 5.92 Å². The first-order valence-electron chi connectivity index (χ1n) is 6.74. The van der Waals surface area contributed by atoms with Gasteiger partial charge < -0.3 is 4.90 Å². The molecule has 1 aliphatic heterocycles. The second-order valence-corrected chi connectivity index (χ2v) is 5.48. The van der Waals surface area contributed by atoms with Crippen molar-refractivity contribution < 1.29 is 4.79 Å². The summed E-state index contributed by atoms with van der Waals surface area (Å²) in [5.41, 5.74) is 1.74. The summed E-state index contributed by atoms with van der Waals surface area (Å²) in [6.07, 6.45) is 5.95. The minimum absolute atomic E-state index is 0.700. The number of aldehydes is 1. The van der Waals surface area contributed by atoms with Gasteiger partial charge in [0, 0.05) is 29.4 Å². The monoisotopic (exact) mass is 265 g/mol. The van der Waals surface area contributed by atoms with Crippen LogP contribution in [0.25, 0.3) is 0 Å². The maximum Gasteiger partial charge on any atom is 0.152 e. The molecule has 0 amide bonds. The van der Waals surface area contributed by atoms with Gasteiger partial charge in [-0.1, -0.05) is 31.4 Å². The van der Waals surface area contributed by atoms with Gasteiger partial charge in [0.1, 0.15) is 0 Å². The molecule has 1 heterocycles. The Balaban J connectivity index is 2.09. The molecule has 0 bridgehead atoms. The highest BCUT2D eigenvalue weighted by Gasteiger charge is 2.20. The van der Waals surface area contributed by atoms with Crippen LogP contribution in [0.2, 0.25) is 5.02 Å². The van der Waals surface area contributed by atoms with E-state index in [2.05, 4.69) is 11.8 Å². The van der Waals surface area contributed by atoms with Crippen molar-refractivity contribution in [3.63, 3.8) is 0 Å². The van der Waals surface area contributed by atoms with E-state index in [0.717, 1.165) is 36.5 Å². The molecule has 18 heavy (non-hydrogen) atoms. The van der Waals surface area contributed by atoms with Crippen molar-refractivity contribution >= 4 is 23.6 Å². The number of nitrogens with zero attached hydrogens (tertiary/aromatic N) is 1. The quantitative estimate of drug-likeness (QED) is 0.762. The molecule has 1 aromatic rings. The van der Waals surface area contributed by atoms with E-state index in [1.165, 1.54) is 25.7 Å². The lowest BCUT2D eigenvalue weighted by Crippen LogP contribution is -2.34. The van der Waals surface area contributed by atoms with Gasteiger partial charge in [-0.25, -0.2) is 0 Å². The molecule has 0 atom stereocenters. The summed E-state index contributed by atoms with van der Waals surface area (Å²) in [6.45, 7) is 4.31. The first-order valence-corrected chi connectivity index (χ1v) is 7.12. The fourth-order valence-electron chi connectivity index (χ4n) is 2.76. The van der Waals surface area contributed by atoms with Crippen LogP contribution in [0.5, 0.6) is 0 Å². The Morgan fingerprint density at radius 1 is 1.39 bits per heavy atom. The molecule has 1 saturated heterocycles. The van der Waals surface area contributed by atoms with Crippen LogP contribution in [0.1, 0.15) is 43.0 Å². The Morgan fingerprint density at radius 2 is 2.11 bits per heavy atom. The van der Waals surface area contributed by atoms with Crippen LogP contribution in [-0.2, 0) is 0 Å². The lowest BCUT2D eigenvalue weighted by molar-refractivity contribution is 0.112. The number of carbonyl (C=O) groups is 1. The van der Waals surface area contributed by atoms with Gasteiger partial charge >= 0.3 is 0 Å². The summed E-state index contributed by atoms with van der Waals surface area (Å²) in [5, 5.41) is 0.700. The second-order valence-electron chi connectivity index (χ2n) is 5.04. The van der Waals surface area contributed by atoms with Crippen LogP contribution in [0.15, 0.2) is 18.2 Å². The van der Waals surface area contributed by atoms with E-state index in [1.807, 2.05) is 12.1 Å². The number of rotatable bonds is 4. The molecule has 1 aliphatic rings. The van der Waals surface area contributed by atoms with Gasteiger partial charge in [-0.15, -0.1) is 0 Å². The Kier molecular flexibility index (Phi) is 4.65. The average molecular weight is 266 g/mol. The first-order chi connectivity index (χ1) is 8.74. The van der Waals surface area contributed by atoms with Crippen LogP contribution in [-0.4, -0.2) is 19.4 Å². The SMILES string of the molecule is CCCC1CCN(c2cc(Cl)ccc2C=O)CC1. The van der Waals surface area contributed by atoms with Crippen molar-refractivity contribution in [2.24, 2.45) is 5.92 Å². The number of piperidine rings is 1. The normalized spacial score (nSPS) is 16.9.